The predicted octanol–water partition coefficient (Wildman–Crippen LogP) is -3.57. The Balaban J connectivity index is 2.31. The average molecular weight is 1030 g/mol. The number of aliphatic carboxylic acids is 4. The molecule has 0 aromatic rings. The van der Waals surface area contributed by atoms with Crippen LogP contribution in [0.1, 0.15) is 98.3 Å². The third-order valence-corrected chi connectivity index (χ3v) is 12.6. The van der Waals surface area contributed by atoms with Crippen LogP contribution in [-0.4, -0.2) is 187 Å². The number of carbonyl (C=O) groups excluding carboxylic acids is 9. The maximum atomic E-state index is 14.1. The molecule has 28 heteroatoms. The van der Waals surface area contributed by atoms with Gasteiger partial charge in [-0.05, 0) is 62.4 Å². The second-order valence-electron chi connectivity index (χ2n) is 17.8. The van der Waals surface area contributed by atoms with Crippen LogP contribution in [0.3, 0.4) is 0 Å². The fourth-order valence-corrected chi connectivity index (χ4v) is 8.37. The number of primary amides is 1. The Kier molecular flexibility index (Phi) is 24.7. The molecule has 0 aromatic carbocycles. The molecule has 10 atom stereocenters. The number of carboxylic acid groups (broad SMARTS) is 4. The minimum Gasteiger partial charge on any atom is -0.481 e. The topological polar surface area (TPSA) is 434 Å². The van der Waals surface area contributed by atoms with E-state index < -0.39 is 175 Å². The van der Waals surface area contributed by atoms with E-state index in [1.165, 1.54) is 32.5 Å². The van der Waals surface area contributed by atoms with Crippen molar-refractivity contribution >= 4 is 88.8 Å². The van der Waals surface area contributed by atoms with Gasteiger partial charge >= 0.3 is 23.9 Å². The standard InChI is InChI=1S/C43H68N10O17S/c1-6-21(4)34(40(66)46-23(43(69)70)11-12-30(55)56)51-36(62)24(17-29(45)54)47-37(63)27-9-7-14-52(27)42(68)26(19-32(59)60)49-39(65)33(20(2)3)50-38(64)28-10-8-15-53(28)41(67)25(18-31(57)58)48-35(61)22(44)13-16-71-5/h20-28,33-34H,6-19,44H2,1-5H3,(H2,45,54)(H,46,66)(H,47,63)(H,48,61)(H,49,65)(H,50,64)(H,51,62)(H,55,56)(H,57,58)(H,59,60)(H,69,70). The zero-order valence-corrected chi connectivity index (χ0v) is 41.1. The highest BCUT2D eigenvalue weighted by Crippen LogP contribution is 2.22. The second kappa shape index (κ2) is 28.9. The van der Waals surface area contributed by atoms with Crippen molar-refractivity contribution in [3.63, 3.8) is 0 Å². The molecule has 0 radical (unpaired) electrons. The van der Waals surface area contributed by atoms with Crippen LogP contribution >= 0.6 is 11.8 Å². The molecule has 14 N–H and O–H groups in total. The molecule has 27 nitrogen and oxygen atoms in total. The molecule has 0 bridgehead atoms. The first-order chi connectivity index (χ1) is 33.2. The number of nitrogens with two attached hydrogens (primary N) is 2. The molecular weight excluding hydrogens is 961 g/mol. The van der Waals surface area contributed by atoms with Gasteiger partial charge in [0.15, 0.2) is 0 Å². The van der Waals surface area contributed by atoms with Crippen LogP contribution in [0.4, 0.5) is 0 Å². The van der Waals surface area contributed by atoms with Crippen LogP contribution in [0, 0.1) is 11.8 Å². The van der Waals surface area contributed by atoms with Gasteiger partial charge in [0.05, 0.1) is 25.3 Å². The van der Waals surface area contributed by atoms with Gasteiger partial charge in [-0.25, -0.2) is 4.79 Å². The minimum absolute atomic E-state index is 0.00398. The summed E-state index contributed by atoms with van der Waals surface area (Å²) in [4.78, 5) is 170. The van der Waals surface area contributed by atoms with Gasteiger partial charge in [-0.15, -0.1) is 0 Å². The fourth-order valence-electron chi connectivity index (χ4n) is 7.88. The van der Waals surface area contributed by atoms with Gasteiger partial charge in [-0.2, -0.15) is 11.8 Å². The molecule has 2 saturated heterocycles. The molecule has 71 heavy (non-hydrogen) atoms. The molecule has 10 unspecified atom stereocenters. The smallest absolute Gasteiger partial charge is 0.326 e. The monoisotopic (exact) mass is 1030 g/mol. The molecule has 2 aliphatic rings. The number of carbonyl (C=O) groups is 13. The number of hydrogen-bond acceptors (Lipinski definition) is 15. The third-order valence-electron chi connectivity index (χ3n) is 12.0. The molecule has 2 rings (SSSR count). The van der Waals surface area contributed by atoms with E-state index in [-0.39, 0.29) is 45.2 Å². The maximum Gasteiger partial charge on any atom is 0.326 e. The Morgan fingerprint density at radius 1 is 0.592 bits per heavy atom. The number of likely N-dealkylation sites (tertiary alicyclic amines) is 2. The van der Waals surface area contributed by atoms with E-state index in [2.05, 4.69) is 31.9 Å². The zero-order valence-electron chi connectivity index (χ0n) is 40.3. The van der Waals surface area contributed by atoms with Crippen molar-refractivity contribution < 1.29 is 82.8 Å². The summed E-state index contributed by atoms with van der Waals surface area (Å²) in [5, 5.41) is 52.1. The van der Waals surface area contributed by atoms with Crippen molar-refractivity contribution in [3.8, 4) is 0 Å². The summed E-state index contributed by atoms with van der Waals surface area (Å²) in [5.74, 6) is -15.4. The zero-order chi connectivity index (χ0) is 53.9. The van der Waals surface area contributed by atoms with Crippen LogP contribution < -0.4 is 43.4 Å². The maximum absolute atomic E-state index is 14.1. The van der Waals surface area contributed by atoms with Crippen LogP contribution in [0.5, 0.6) is 0 Å². The number of nitrogens with zero attached hydrogens (tertiary/aromatic N) is 2. The fraction of sp³-hybridized carbons (Fsp3) is 0.698. The molecule has 2 fully saturated rings. The minimum atomic E-state index is -1.83. The summed E-state index contributed by atoms with van der Waals surface area (Å²) >= 11 is 1.43. The second-order valence-corrected chi connectivity index (χ2v) is 18.7. The quantitative estimate of drug-likeness (QED) is 0.0331. The Labute approximate surface area is 413 Å². The van der Waals surface area contributed by atoms with Crippen molar-refractivity contribution in [2.45, 2.75) is 153 Å². The summed E-state index contributed by atoms with van der Waals surface area (Å²) in [7, 11) is 0. The highest BCUT2D eigenvalue weighted by atomic mass is 32.2. The van der Waals surface area contributed by atoms with Gasteiger partial charge in [-0.3, -0.25) is 57.5 Å². The molecule has 0 aromatic heterocycles. The van der Waals surface area contributed by atoms with Crippen molar-refractivity contribution in [2.75, 3.05) is 25.1 Å². The summed E-state index contributed by atoms with van der Waals surface area (Å²) < 4.78 is 0. The highest BCUT2D eigenvalue weighted by Gasteiger charge is 2.43. The van der Waals surface area contributed by atoms with E-state index in [0.29, 0.717) is 12.2 Å². The van der Waals surface area contributed by atoms with Gasteiger partial charge in [0.2, 0.25) is 53.2 Å². The summed E-state index contributed by atoms with van der Waals surface area (Å²) in [6.45, 7) is 6.10. The third kappa shape index (κ3) is 18.9. The van der Waals surface area contributed by atoms with E-state index in [0.717, 1.165) is 9.80 Å². The Hall–Kier alpha value is -6.58. The lowest BCUT2D eigenvalue weighted by Gasteiger charge is -2.32. The molecule has 0 saturated carbocycles. The molecule has 2 heterocycles. The molecule has 0 aliphatic carbocycles. The molecule has 0 spiro atoms. The Bertz CT molecular complexity index is 2010. The molecule has 398 valence electrons. The SMILES string of the molecule is CCC(C)C(NC(=O)C(CC(N)=O)NC(=O)C1CCCN1C(=O)C(CC(=O)O)NC(=O)C(NC(=O)C1CCCN1C(=O)C(CC(=O)O)NC(=O)C(N)CCSC)C(C)C)C(=O)NC(CCC(=O)O)C(=O)O. The van der Waals surface area contributed by atoms with Crippen LogP contribution in [0.25, 0.3) is 0 Å². The summed E-state index contributed by atoms with van der Waals surface area (Å²) in [6.07, 6.45) is -0.911. The summed E-state index contributed by atoms with van der Waals surface area (Å²) in [5.41, 5.74) is 11.3. The van der Waals surface area contributed by atoms with E-state index in [4.69, 9.17) is 16.6 Å². The average Bonchev–Trinajstić information content (AvgIpc) is 3.99. The Morgan fingerprint density at radius 2 is 1.07 bits per heavy atom. The number of nitrogens with one attached hydrogen (secondary N) is 6. The summed E-state index contributed by atoms with van der Waals surface area (Å²) in [6, 6.07) is -13.4. The lowest BCUT2D eigenvalue weighted by Crippen LogP contribution is -2.61. The van der Waals surface area contributed by atoms with Crippen molar-refractivity contribution in [3.05, 3.63) is 0 Å². The number of amides is 9. The molecule has 2 aliphatic heterocycles. The van der Waals surface area contributed by atoms with E-state index in [1.807, 2.05) is 0 Å². The van der Waals surface area contributed by atoms with E-state index in [1.54, 1.807) is 13.2 Å². The molecular formula is C43H68N10O17S. The lowest BCUT2D eigenvalue weighted by atomic mass is 9.97. The normalized spacial score (nSPS) is 18.8. The number of hydrogen-bond donors (Lipinski definition) is 12. The van der Waals surface area contributed by atoms with Gasteiger partial charge in [0.1, 0.15) is 48.3 Å². The first kappa shape index (κ1) is 60.5. The number of thioether (sulfide) groups is 1. The van der Waals surface area contributed by atoms with Crippen molar-refractivity contribution in [1.29, 1.82) is 0 Å². The largest absolute Gasteiger partial charge is 0.481 e. The first-order valence-electron chi connectivity index (χ1n) is 23.1. The van der Waals surface area contributed by atoms with Crippen LogP contribution in [0.15, 0.2) is 0 Å². The van der Waals surface area contributed by atoms with E-state index >= 15 is 0 Å². The number of carboxylic acids is 4. The highest BCUT2D eigenvalue weighted by molar-refractivity contribution is 7.98. The molecule has 9 amide bonds. The lowest BCUT2D eigenvalue weighted by molar-refractivity contribution is -0.147. The van der Waals surface area contributed by atoms with Crippen molar-refractivity contribution in [1.82, 2.24) is 41.7 Å². The van der Waals surface area contributed by atoms with Gasteiger partial charge in [0.25, 0.3) is 0 Å². The number of rotatable bonds is 30. The van der Waals surface area contributed by atoms with Gasteiger partial charge in [0, 0.05) is 19.5 Å². The van der Waals surface area contributed by atoms with Crippen molar-refractivity contribution in [2.24, 2.45) is 23.3 Å². The van der Waals surface area contributed by atoms with Gasteiger partial charge < -0.3 is 73.6 Å². The Morgan fingerprint density at radius 3 is 1.51 bits per heavy atom. The first-order valence-corrected chi connectivity index (χ1v) is 24.5. The van der Waals surface area contributed by atoms with Gasteiger partial charge in [-0.1, -0.05) is 34.1 Å². The van der Waals surface area contributed by atoms with E-state index in [9.17, 15) is 77.6 Å². The van der Waals surface area contributed by atoms with Crippen LogP contribution in [-0.2, 0) is 62.3 Å². The van der Waals surface area contributed by atoms with Crippen LogP contribution in [0.2, 0.25) is 0 Å². The predicted molar refractivity (Wildman–Crippen MR) is 249 cm³/mol.